The van der Waals surface area contributed by atoms with Gasteiger partial charge in [0.1, 0.15) is 0 Å². The monoisotopic (exact) mass is 386 g/mol. The van der Waals surface area contributed by atoms with Crippen LogP contribution < -0.4 is 0 Å². The van der Waals surface area contributed by atoms with Crippen molar-refractivity contribution in [1.82, 2.24) is 0 Å². The Morgan fingerprint density at radius 1 is 1.15 bits per heavy atom. The third-order valence-electron chi connectivity index (χ3n) is 5.62. The molecule has 3 atom stereocenters. The molecule has 0 radical (unpaired) electrons. The molecule has 0 aliphatic heterocycles. The van der Waals surface area contributed by atoms with Gasteiger partial charge in [-0.15, -0.1) is 6.58 Å². The fourth-order valence-corrected chi connectivity index (χ4v) is 4.19. The second-order valence-electron chi connectivity index (χ2n) is 8.77. The van der Waals surface area contributed by atoms with Crippen LogP contribution in [0.4, 0.5) is 0 Å². The average molecular weight is 387 g/mol. The smallest absolute Gasteiger partial charge is 0.192 e. The van der Waals surface area contributed by atoms with Gasteiger partial charge in [-0.1, -0.05) is 82.3 Å². The van der Waals surface area contributed by atoms with Crippen molar-refractivity contribution in [3.63, 3.8) is 0 Å². The molecule has 0 heterocycles. The quantitative estimate of drug-likeness (QED) is 0.262. The van der Waals surface area contributed by atoms with Gasteiger partial charge in [-0.25, -0.2) is 0 Å². The number of allylic oxidation sites excluding steroid dienone is 2. The van der Waals surface area contributed by atoms with Gasteiger partial charge in [-0.3, -0.25) is 0 Å². The third kappa shape index (κ3) is 6.91. The van der Waals surface area contributed by atoms with E-state index in [-0.39, 0.29) is 23.2 Å². The second kappa shape index (κ2) is 10.2. The number of rotatable bonds is 9. The second-order valence-corrected chi connectivity index (χ2v) is 13.5. The zero-order chi connectivity index (χ0) is 20.7. The first kappa shape index (κ1) is 23.6. The predicted octanol–water partition coefficient (Wildman–Crippen LogP) is 6.87. The summed E-state index contributed by atoms with van der Waals surface area (Å²) in [6, 6.07) is 10.3. The van der Waals surface area contributed by atoms with Gasteiger partial charge in [0, 0.05) is 13.0 Å². The van der Waals surface area contributed by atoms with Crippen molar-refractivity contribution < 1.29 is 9.16 Å². The lowest BCUT2D eigenvalue weighted by Gasteiger charge is -2.41. The minimum atomic E-state index is -1.87. The third-order valence-corrected chi connectivity index (χ3v) is 10.1. The van der Waals surface area contributed by atoms with Gasteiger partial charge in [0.2, 0.25) is 0 Å². The zero-order valence-corrected chi connectivity index (χ0v) is 19.5. The van der Waals surface area contributed by atoms with Crippen LogP contribution in [0.2, 0.25) is 18.1 Å². The van der Waals surface area contributed by atoms with E-state index in [0.717, 1.165) is 0 Å². The van der Waals surface area contributed by atoms with Crippen molar-refractivity contribution in [3.8, 4) is 0 Å². The molecule has 150 valence electrons. The van der Waals surface area contributed by atoms with Crippen LogP contribution in [0.25, 0.3) is 6.08 Å². The molecule has 1 aromatic rings. The summed E-state index contributed by atoms with van der Waals surface area (Å²) in [5.41, 5.74) is 2.37. The first-order chi connectivity index (χ1) is 12.5. The van der Waals surface area contributed by atoms with Crippen molar-refractivity contribution in [1.29, 1.82) is 0 Å². The highest BCUT2D eigenvalue weighted by Crippen LogP contribution is 2.38. The number of ether oxygens (including phenoxy) is 1. The van der Waals surface area contributed by atoms with Crippen molar-refractivity contribution in [2.75, 3.05) is 7.11 Å². The molecule has 0 saturated carbocycles. The molecule has 0 aliphatic rings. The van der Waals surface area contributed by atoms with Crippen LogP contribution in [-0.2, 0) is 9.16 Å². The number of hydrogen-bond donors (Lipinski definition) is 0. The average Bonchev–Trinajstić information content (AvgIpc) is 2.60. The van der Waals surface area contributed by atoms with Gasteiger partial charge >= 0.3 is 0 Å². The van der Waals surface area contributed by atoms with Crippen LogP contribution in [0.1, 0.15) is 40.2 Å². The summed E-state index contributed by atoms with van der Waals surface area (Å²) in [4.78, 5) is 0. The molecule has 0 fully saturated rings. The number of benzene rings is 1. The van der Waals surface area contributed by atoms with E-state index in [1.807, 2.05) is 24.3 Å². The Kier molecular flexibility index (Phi) is 8.93. The zero-order valence-electron chi connectivity index (χ0n) is 18.5. The van der Waals surface area contributed by atoms with Gasteiger partial charge in [0.25, 0.3) is 0 Å². The van der Waals surface area contributed by atoms with E-state index in [0.29, 0.717) is 0 Å². The Bertz CT molecular complexity index is 638. The van der Waals surface area contributed by atoms with Gasteiger partial charge in [0.15, 0.2) is 8.32 Å². The maximum atomic E-state index is 6.62. The molecule has 0 saturated heterocycles. The maximum absolute atomic E-state index is 6.62. The summed E-state index contributed by atoms with van der Waals surface area (Å²) in [6.07, 6.45) is 8.21. The standard InChI is InChI=1S/C24H38O2Si/c1-10-22(26-27(8,9)24(4,5)6)20(3)23(25-7)19(2)15-14-18-21-16-12-11-13-17-21/h10-18,20,22-23H,1H2,2-9H3/b18-14+,19-15+/t20-,22+,23+/m0/s1. The van der Waals surface area contributed by atoms with E-state index in [9.17, 15) is 0 Å². The van der Waals surface area contributed by atoms with Crippen LogP contribution >= 0.6 is 0 Å². The van der Waals surface area contributed by atoms with Crippen LogP contribution in [0.15, 0.2) is 60.7 Å². The predicted molar refractivity (Wildman–Crippen MR) is 121 cm³/mol. The SMILES string of the molecule is C=C[C@@H](O[Si](C)(C)C(C)(C)C)[C@H](C)[C@H](OC)/C(C)=C/C=C/c1ccccc1. The molecule has 0 aliphatic carbocycles. The Morgan fingerprint density at radius 2 is 1.74 bits per heavy atom. The lowest BCUT2D eigenvalue weighted by atomic mass is 9.92. The molecule has 0 amide bonds. The summed E-state index contributed by atoms with van der Waals surface area (Å²) in [6.45, 7) is 19.7. The fourth-order valence-electron chi connectivity index (χ4n) is 2.84. The van der Waals surface area contributed by atoms with E-state index in [1.54, 1.807) is 7.11 Å². The summed E-state index contributed by atoms with van der Waals surface area (Å²) in [5.74, 6) is 0.183. The largest absolute Gasteiger partial charge is 0.410 e. The van der Waals surface area contributed by atoms with Crippen molar-refractivity contribution in [3.05, 3.63) is 66.3 Å². The molecule has 0 bridgehead atoms. The molecular weight excluding hydrogens is 348 g/mol. The highest BCUT2D eigenvalue weighted by molar-refractivity contribution is 6.74. The molecule has 0 spiro atoms. The van der Waals surface area contributed by atoms with Gasteiger partial charge in [-0.05, 0) is 36.2 Å². The molecule has 1 rings (SSSR count). The Morgan fingerprint density at radius 3 is 2.22 bits per heavy atom. The first-order valence-corrected chi connectivity index (χ1v) is 12.7. The van der Waals surface area contributed by atoms with Crippen LogP contribution in [0.5, 0.6) is 0 Å². The normalized spacial score (nSPS) is 17.0. The molecule has 0 aromatic heterocycles. The highest BCUT2D eigenvalue weighted by Gasteiger charge is 2.40. The number of hydrogen-bond acceptors (Lipinski definition) is 2. The van der Waals surface area contributed by atoms with Crippen molar-refractivity contribution in [2.45, 2.75) is 65.0 Å². The molecule has 27 heavy (non-hydrogen) atoms. The first-order valence-electron chi connectivity index (χ1n) is 9.76. The van der Waals surface area contributed by atoms with E-state index >= 15 is 0 Å². The molecule has 1 aromatic carbocycles. The molecule has 0 unspecified atom stereocenters. The Labute approximate surface area is 168 Å². The van der Waals surface area contributed by atoms with Gasteiger partial charge in [-0.2, -0.15) is 0 Å². The minimum Gasteiger partial charge on any atom is -0.410 e. The van der Waals surface area contributed by atoms with Gasteiger partial charge < -0.3 is 9.16 Å². The summed E-state index contributed by atoms with van der Waals surface area (Å²) in [7, 11) is -0.105. The number of methoxy groups -OCH3 is 1. The summed E-state index contributed by atoms with van der Waals surface area (Å²) >= 11 is 0. The van der Waals surface area contributed by atoms with E-state index in [4.69, 9.17) is 9.16 Å². The highest BCUT2D eigenvalue weighted by atomic mass is 28.4. The molecular formula is C24H38O2Si. The topological polar surface area (TPSA) is 18.5 Å². The fraction of sp³-hybridized carbons (Fsp3) is 0.500. The van der Waals surface area contributed by atoms with Gasteiger partial charge in [0.05, 0.1) is 12.2 Å². The maximum Gasteiger partial charge on any atom is 0.192 e. The summed E-state index contributed by atoms with van der Waals surface area (Å²) in [5, 5.41) is 0.167. The van der Waals surface area contributed by atoms with E-state index in [1.165, 1.54) is 11.1 Å². The van der Waals surface area contributed by atoms with Crippen molar-refractivity contribution >= 4 is 14.4 Å². The van der Waals surface area contributed by atoms with Crippen molar-refractivity contribution in [2.24, 2.45) is 5.92 Å². The Balaban J connectivity index is 2.92. The van der Waals surface area contributed by atoms with E-state index in [2.05, 4.69) is 84.7 Å². The summed E-state index contributed by atoms with van der Waals surface area (Å²) < 4.78 is 12.5. The molecule has 3 heteroatoms. The van der Waals surface area contributed by atoms with E-state index < -0.39 is 8.32 Å². The lowest BCUT2D eigenvalue weighted by molar-refractivity contribution is 0.0374. The van der Waals surface area contributed by atoms with Crippen LogP contribution in [-0.4, -0.2) is 27.6 Å². The molecule has 2 nitrogen and oxygen atoms in total. The van der Waals surface area contributed by atoms with Crippen LogP contribution in [0, 0.1) is 5.92 Å². The lowest BCUT2D eigenvalue weighted by Crippen LogP contribution is -2.46. The molecule has 0 N–H and O–H groups in total. The minimum absolute atomic E-state index is 0.0156. The Hall–Kier alpha value is -1.42. The van der Waals surface area contributed by atoms with Crippen LogP contribution in [0.3, 0.4) is 0 Å².